The number of carbonyl (C=O) groups excluding carboxylic acids is 4. The van der Waals surface area contributed by atoms with Crippen LogP contribution in [-0.4, -0.2) is 46.7 Å². The average Bonchev–Trinajstić information content (AvgIpc) is 3.11. The quantitative estimate of drug-likeness (QED) is 0.385. The molecule has 2 heterocycles. The summed E-state index contributed by atoms with van der Waals surface area (Å²) in [6.07, 6.45) is 10.3. The van der Waals surface area contributed by atoms with E-state index in [-0.39, 0.29) is 24.8 Å². The predicted octanol–water partition coefficient (Wildman–Crippen LogP) is 3.21. The molecule has 0 bridgehead atoms. The van der Waals surface area contributed by atoms with Crippen molar-refractivity contribution in [3.05, 3.63) is 75.5 Å². The lowest BCUT2D eigenvalue weighted by atomic mass is 10.0. The Kier molecular flexibility index (Phi) is 7.25. The van der Waals surface area contributed by atoms with Crippen LogP contribution in [0.15, 0.2) is 63.8 Å². The van der Waals surface area contributed by atoms with Crippen molar-refractivity contribution < 1.29 is 19.2 Å². The molecular formula is C25H24N4O4S. The number of amides is 5. The number of piperidine rings is 1. The molecule has 1 atom stereocenters. The third-order valence-electron chi connectivity index (χ3n) is 5.56. The summed E-state index contributed by atoms with van der Waals surface area (Å²) in [5, 5.41) is 4.99. The topological polar surface area (TPSA) is 108 Å². The molecule has 1 aromatic carbocycles. The first-order chi connectivity index (χ1) is 16.4. The zero-order valence-corrected chi connectivity index (χ0v) is 19.5. The number of hydrogen-bond acceptors (Lipinski definition) is 5. The second-order valence-electron chi connectivity index (χ2n) is 7.90. The van der Waals surface area contributed by atoms with Gasteiger partial charge >= 0.3 is 6.03 Å². The predicted molar refractivity (Wildman–Crippen MR) is 130 cm³/mol. The zero-order valence-electron chi connectivity index (χ0n) is 18.7. The van der Waals surface area contributed by atoms with Gasteiger partial charge in [0.2, 0.25) is 11.8 Å². The maximum Gasteiger partial charge on any atom is 0.345 e. The Morgan fingerprint density at radius 2 is 2.21 bits per heavy atom. The molecule has 3 aliphatic rings. The molecule has 5 amide bonds. The summed E-state index contributed by atoms with van der Waals surface area (Å²) in [4.78, 5) is 55.3. The number of urea groups is 1. The molecule has 1 unspecified atom stereocenters. The second-order valence-corrected chi connectivity index (χ2v) is 9.29. The number of nitrogens with zero attached hydrogens (tertiary/aromatic N) is 2. The van der Waals surface area contributed by atoms with Crippen LogP contribution in [0.3, 0.4) is 0 Å². The van der Waals surface area contributed by atoms with Gasteiger partial charge in [-0.05, 0) is 65.0 Å². The van der Waals surface area contributed by atoms with E-state index in [1.54, 1.807) is 42.1 Å². The standard InChI is InChI=1S/C25H24N4O4S/c1-2-34-19-7-3-5-18(6-4-8-19)27-25(33)26-14-16-9-10-20-17(13-16)15-29(24(20)32)21-11-12-22(30)28-23(21)31/h3-5,8-10,13-14,21H,2,7,11-12,15H2,1H3,(H,27,33)(H,28,30,31)/b5-3-,19-8+,26-14+. The van der Waals surface area contributed by atoms with Crippen LogP contribution >= 0.6 is 11.8 Å². The van der Waals surface area contributed by atoms with E-state index in [1.807, 2.05) is 12.2 Å². The SMILES string of the molecule is CCS/C1=C/C=C=C(NC(=O)/N=C/c2ccc3c(c2)CN(C2CCC(=O)NC2=O)C3=O)/C=C\C1. The lowest BCUT2D eigenvalue weighted by Crippen LogP contribution is -2.52. The molecule has 1 aromatic rings. The van der Waals surface area contributed by atoms with Crippen LogP contribution in [0.1, 0.15) is 47.7 Å². The molecule has 0 saturated carbocycles. The van der Waals surface area contributed by atoms with Crippen LogP contribution in [0.5, 0.6) is 0 Å². The van der Waals surface area contributed by atoms with E-state index >= 15 is 0 Å². The largest absolute Gasteiger partial charge is 0.345 e. The Bertz CT molecular complexity index is 1210. The first-order valence-electron chi connectivity index (χ1n) is 11.0. The number of imide groups is 1. The van der Waals surface area contributed by atoms with Gasteiger partial charge in [-0.25, -0.2) is 9.79 Å². The van der Waals surface area contributed by atoms with E-state index in [1.165, 1.54) is 16.0 Å². The molecule has 174 valence electrons. The molecule has 9 heteroatoms. The molecular weight excluding hydrogens is 452 g/mol. The summed E-state index contributed by atoms with van der Waals surface area (Å²) in [6, 6.07) is 3.96. The Hall–Kier alpha value is -3.68. The summed E-state index contributed by atoms with van der Waals surface area (Å²) in [7, 11) is 0. The highest BCUT2D eigenvalue weighted by molar-refractivity contribution is 8.03. The Labute approximate surface area is 201 Å². The fourth-order valence-electron chi connectivity index (χ4n) is 3.96. The van der Waals surface area contributed by atoms with Crippen LogP contribution < -0.4 is 10.6 Å². The summed E-state index contributed by atoms with van der Waals surface area (Å²) in [5.41, 5.74) is 5.48. The van der Waals surface area contributed by atoms with Gasteiger partial charge in [0.15, 0.2) is 0 Å². The summed E-state index contributed by atoms with van der Waals surface area (Å²) in [5.74, 6) is -0.00475. The van der Waals surface area contributed by atoms with E-state index in [0.717, 1.165) is 17.7 Å². The molecule has 2 N–H and O–H groups in total. The van der Waals surface area contributed by atoms with Crippen molar-refractivity contribution in [3.8, 4) is 0 Å². The molecule has 1 aliphatic carbocycles. The van der Waals surface area contributed by atoms with Crippen molar-refractivity contribution in [3.63, 3.8) is 0 Å². The van der Waals surface area contributed by atoms with Crippen molar-refractivity contribution in [1.29, 1.82) is 0 Å². The van der Waals surface area contributed by atoms with E-state index in [2.05, 4.69) is 28.3 Å². The normalized spacial score (nSPS) is 22.4. The Morgan fingerprint density at radius 1 is 1.35 bits per heavy atom. The number of rotatable bonds is 5. The van der Waals surface area contributed by atoms with Gasteiger partial charge in [0.25, 0.3) is 5.91 Å². The van der Waals surface area contributed by atoms with Crippen LogP contribution in [0.2, 0.25) is 0 Å². The highest BCUT2D eigenvalue weighted by atomic mass is 32.2. The average molecular weight is 477 g/mol. The number of carbonyl (C=O) groups is 4. The third-order valence-corrected chi connectivity index (χ3v) is 6.52. The van der Waals surface area contributed by atoms with Crippen LogP contribution in [-0.2, 0) is 16.1 Å². The van der Waals surface area contributed by atoms with Gasteiger partial charge in [0.1, 0.15) is 6.04 Å². The first-order valence-corrected chi connectivity index (χ1v) is 12.0. The van der Waals surface area contributed by atoms with Gasteiger partial charge in [0.05, 0.1) is 5.70 Å². The highest BCUT2D eigenvalue weighted by Gasteiger charge is 2.38. The van der Waals surface area contributed by atoms with Gasteiger partial charge in [0, 0.05) is 24.7 Å². The van der Waals surface area contributed by atoms with Crippen molar-refractivity contribution in [2.75, 3.05) is 5.75 Å². The smallest absolute Gasteiger partial charge is 0.322 e. The fourth-order valence-corrected chi connectivity index (χ4v) is 4.71. The lowest BCUT2D eigenvalue weighted by molar-refractivity contribution is -0.136. The van der Waals surface area contributed by atoms with Gasteiger partial charge in [-0.2, -0.15) is 0 Å². The van der Waals surface area contributed by atoms with Crippen molar-refractivity contribution in [1.82, 2.24) is 15.5 Å². The number of thioether (sulfide) groups is 1. The molecule has 4 rings (SSSR count). The van der Waals surface area contributed by atoms with E-state index in [9.17, 15) is 19.2 Å². The maximum absolute atomic E-state index is 12.8. The van der Waals surface area contributed by atoms with Gasteiger partial charge < -0.3 is 4.90 Å². The maximum atomic E-state index is 12.8. The number of nitrogens with one attached hydrogen (secondary N) is 2. The Balaban J connectivity index is 1.41. The summed E-state index contributed by atoms with van der Waals surface area (Å²) < 4.78 is 0. The third kappa shape index (κ3) is 5.44. The molecule has 0 spiro atoms. The van der Waals surface area contributed by atoms with E-state index in [0.29, 0.717) is 23.2 Å². The molecule has 2 aliphatic heterocycles. The van der Waals surface area contributed by atoms with Crippen LogP contribution in [0.4, 0.5) is 4.79 Å². The summed E-state index contributed by atoms with van der Waals surface area (Å²) in [6.45, 7) is 2.37. The van der Waals surface area contributed by atoms with Gasteiger partial charge in [-0.1, -0.05) is 24.8 Å². The van der Waals surface area contributed by atoms with Crippen molar-refractivity contribution in [2.24, 2.45) is 4.99 Å². The number of benzene rings is 1. The van der Waals surface area contributed by atoms with E-state index in [4.69, 9.17) is 0 Å². The molecule has 1 saturated heterocycles. The Morgan fingerprint density at radius 3 is 3.00 bits per heavy atom. The molecule has 34 heavy (non-hydrogen) atoms. The lowest BCUT2D eigenvalue weighted by Gasteiger charge is -2.29. The van der Waals surface area contributed by atoms with E-state index < -0.39 is 18.0 Å². The van der Waals surface area contributed by atoms with Crippen molar-refractivity contribution in [2.45, 2.75) is 38.8 Å². The molecule has 0 aromatic heterocycles. The number of hydrogen-bond donors (Lipinski definition) is 2. The minimum atomic E-state index is -0.662. The number of allylic oxidation sites excluding steroid dienone is 4. The highest BCUT2D eigenvalue weighted by Crippen LogP contribution is 2.28. The number of fused-ring (bicyclic) bond motifs is 1. The monoisotopic (exact) mass is 476 g/mol. The molecule has 1 fully saturated rings. The van der Waals surface area contributed by atoms with Crippen molar-refractivity contribution >= 4 is 41.7 Å². The second kappa shape index (κ2) is 10.5. The summed E-state index contributed by atoms with van der Waals surface area (Å²) >= 11 is 1.77. The first kappa shape index (κ1) is 23.5. The minimum Gasteiger partial charge on any atom is -0.322 e. The zero-order chi connectivity index (χ0) is 24.1. The van der Waals surface area contributed by atoms with Crippen LogP contribution in [0, 0.1) is 0 Å². The number of aliphatic imine (C=N–C) groups is 1. The fraction of sp³-hybridized carbons (Fsp3) is 0.280. The molecule has 8 nitrogen and oxygen atoms in total. The van der Waals surface area contributed by atoms with Gasteiger partial charge in [-0.3, -0.25) is 25.0 Å². The van der Waals surface area contributed by atoms with Gasteiger partial charge in [-0.15, -0.1) is 11.8 Å². The molecule has 0 radical (unpaired) electrons. The van der Waals surface area contributed by atoms with Crippen LogP contribution in [0.25, 0.3) is 0 Å². The minimum absolute atomic E-state index is 0.208.